The maximum Gasteiger partial charge on any atom is 0.348 e. The van der Waals surface area contributed by atoms with Gasteiger partial charge in [0.05, 0.1) is 12.7 Å². The van der Waals surface area contributed by atoms with Gasteiger partial charge < -0.3 is 9.84 Å². The zero-order valence-electron chi connectivity index (χ0n) is 9.54. The molecule has 0 aliphatic heterocycles. The molecule has 0 saturated heterocycles. The van der Waals surface area contributed by atoms with Crippen molar-refractivity contribution < 1.29 is 19.4 Å². The standard InChI is InChI=1S/C13H10O4S/c1-17-13(16)12-5-10(7-18-12)8-2-3-11(15)9(4-8)6-14/h2-7,15H,1H3. The molecule has 1 heterocycles. The Hall–Kier alpha value is -2.14. The summed E-state index contributed by atoms with van der Waals surface area (Å²) in [4.78, 5) is 22.6. The summed E-state index contributed by atoms with van der Waals surface area (Å²) in [5.41, 5.74) is 1.79. The normalized spacial score (nSPS) is 10.1. The van der Waals surface area contributed by atoms with Gasteiger partial charge in [-0.3, -0.25) is 4.79 Å². The van der Waals surface area contributed by atoms with Gasteiger partial charge in [-0.2, -0.15) is 0 Å². The van der Waals surface area contributed by atoms with Crippen molar-refractivity contribution in [1.29, 1.82) is 0 Å². The van der Waals surface area contributed by atoms with Crippen molar-refractivity contribution in [2.24, 2.45) is 0 Å². The fraction of sp³-hybridized carbons (Fsp3) is 0.0769. The molecule has 2 aromatic rings. The molecule has 4 nitrogen and oxygen atoms in total. The Morgan fingerprint density at radius 1 is 1.33 bits per heavy atom. The van der Waals surface area contributed by atoms with E-state index >= 15 is 0 Å². The number of phenolic OH excluding ortho intramolecular Hbond substituents is 1. The van der Waals surface area contributed by atoms with Crippen molar-refractivity contribution in [3.8, 4) is 16.9 Å². The van der Waals surface area contributed by atoms with Crippen LogP contribution in [0.25, 0.3) is 11.1 Å². The number of aromatic hydroxyl groups is 1. The lowest BCUT2D eigenvalue weighted by Crippen LogP contribution is -1.96. The number of phenols is 1. The monoisotopic (exact) mass is 262 g/mol. The summed E-state index contributed by atoms with van der Waals surface area (Å²) in [6, 6.07) is 6.41. The number of carbonyl (C=O) groups excluding carboxylic acids is 2. The molecule has 2 rings (SSSR count). The molecule has 0 unspecified atom stereocenters. The summed E-state index contributed by atoms with van der Waals surface area (Å²) in [6.45, 7) is 0. The average molecular weight is 262 g/mol. The third kappa shape index (κ3) is 2.26. The number of carbonyl (C=O) groups is 2. The summed E-state index contributed by atoms with van der Waals surface area (Å²) in [5, 5.41) is 11.2. The number of hydrogen-bond donors (Lipinski definition) is 1. The zero-order chi connectivity index (χ0) is 13.1. The molecule has 92 valence electrons. The Kier molecular flexibility index (Phi) is 3.43. The van der Waals surface area contributed by atoms with Crippen LogP contribution in [0.2, 0.25) is 0 Å². The fourth-order valence-corrected chi connectivity index (χ4v) is 2.36. The van der Waals surface area contributed by atoms with Crippen LogP contribution in [-0.2, 0) is 4.74 Å². The van der Waals surface area contributed by atoms with Crippen LogP contribution in [0.4, 0.5) is 0 Å². The highest BCUT2D eigenvalue weighted by Gasteiger charge is 2.11. The number of thiophene rings is 1. The van der Waals surface area contributed by atoms with Gasteiger partial charge >= 0.3 is 5.97 Å². The van der Waals surface area contributed by atoms with E-state index in [-0.39, 0.29) is 17.3 Å². The number of aldehydes is 1. The molecule has 0 bridgehead atoms. The van der Waals surface area contributed by atoms with Crippen LogP contribution in [0.5, 0.6) is 5.75 Å². The first-order valence-corrected chi connectivity index (χ1v) is 5.99. The molecule has 1 aromatic carbocycles. The Labute approximate surface area is 107 Å². The highest BCUT2D eigenvalue weighted by molar-refractivity contribution is 7.12. The Morgan fingerprint density at radius 3 is 2.78 bits per heavy atom. The quantitative estimate of drug-likeness (QED) is 0.682. The number of ether oxygens (including phenoxy) is 1. The van der Waals surface area contributed by atoms with Crippen molar-refractivity contribution in [1.82, 2.24) is 0 Å². The van der Waals surface area contributed by atoms with Crippen LogP contribution in [0.1, 0.15) is 20.0 Å². The van der Waals surface area contributed by atoms with Gasteiger partial charge in [-0.05, 0) is 34.7 Å². The summed E-state index contributed by atoms with van der Waals surface area (Å²) < 4.78 is 4.62. The van der Waals surface area contributed by atoms with Gasteiger partial charge in [-0.1, -0.05) is 6.07 Å². The van der Waals surface area contributed by atoms with Crippen molar-refractivity contribution >= 4 is 23.6 Å². The van der Waals surface area contributed by atoms with Crippen molar-refractivity contribution in [3.05, 3.63) is 40.1 Å². The molecule has 0 atom stereocenters. The number of esters is 1. The maximum atomic E-state index is 11.3. The topological polar surface area (TPSA) is 63.6 Å². The number of methoxy groups -OCH3 is 1. The molecule has 0 aliphatic carbocycles. The Bertz CT molecular complexity index is 601. The summed E-state index contributed by atoms with van der Waals surface area (Å²) in [7, 11) is 1.33. The maximum absolute atomic E-state index is 11.3. The second-order valence-electron chi connectivity index (χ2n) is 3.58. The molecule has 0 radical (unpaired) electrons. The lowest BCUT2D eigenvalue weighted by Gasteiger charge is -2.01. The van der Waals surface area contributed by atoms with E-state index in [0.29, 0.717) is 11.2 Å². The van der Waals surface area contributed by atoms with Crippen LogP contribution >= 0.6 is 11.3 Å². The van der Waals surface area contributed by atoms with Gasteiger partial charge in [0.15, 0.2) is 6.29 Å². The first-order chi connectivity index (χ1) is 8.65. The van der Waals surface area contributed by atoms with Gasteiger partial charge in [0.1, 0.15) is 10.6 Å². The fourth-order valence-electron chi connectivity index (χ4n) is 1.52. The lowest BCUT2D eigenvalue weighted by atomic mass is 10.1. The second kappa shape index (κ2) is 5.01. The van der Waals surface area contributed by atoms with E-state index < -0.39 is 0 Å². The van der Waals surface area contributed by atoms with Crippen LogP contribution in [-0.4, -0.2) is 24.5 Å². The number of rotatable bonds is 3. The molecule has 0 fully saturated rings. The van der Waals surface area contributed by atoms with Gasteiger partial charge in [0.2, 0.25) is 0 Å². The Morgan fingerprint density at radius 2 is 2.11 bits per heavy atom. The molecule has 1 N–H and O–H groups in total. The van der Waals surface area contributed by atoms with Gasteiger partial charge in [0, 0.05) is 0 Å². The van der Waals surface area contributed by atoms with Gasteiger partial charge in [-0.25, -0.2) is 4.79 Å². The van der Waals surface area contributed by atoms with Crippen molar-refractivity contribution in [3.63, 3.8) is 0 Å². The number of hydrogen-bond acceptors (Lipinski definition) is 5. The Balaban J connectivity index is 2.40. The van der Waals surface area contributed by atoms with Crippen LogP contribution in [0, 0.1) is 0 Å². The van der Waals surface area contributed by atoms with Crippen LogP contribution < -0.4 is 0 Å². The summed E-state index contributed by atoms with van der Waals surface area (Å²) >= 11 is 1.27. The highest BCUT2D eigenvalue weighted by atomic mass is 32.1. The predicted molar refractivity (Wildman–Crippen MR) is 68.1 cm³/mol. The van der Waals surface area contributed by atoms with E-state index in [1.165, 1.54) is 24.5 Å². The highest BCUT2D eigenvalue weighted by Crippen LogP contribution is 2.29. The minimum atomic E-state index is -0.388. The first-order valence-electron chi connectivity index (χ1n) is 5.11. The van der Waals surface area contributed by atoms with E-state index in [1.54, 1.807) is 23.6 Å². The third-order valence-corrected chi connectivity index (χ3v) is 3.38. The molecule has 5 heteroatoms. The van der Waals surface area contributed by atoms with Crippen molar-refractivity contribution in [2.75, 3.05) is 7.11 Å². The van der Waals surface area contributed by atoms with Crippen LogP contribution in [0.15, 0.2) is 29.6 Å². The largest absolute Gasteiger partial charge is 0.507 e. The molecule has 0 aliphatic rings. The molecule has 1 aromatic heterocycles. The predicted octanol–water partition coefficient (Wildman–Crippen LogP) is 2.72. The summed E-state index contributed by atoms with van der Waals surface area (Å²) in [6.07, 6.45) is 0.590. The van der Waals surface area contributed by atoms with E-state index in [1.807, 2.05) is 0 Å². The van der Waals surface area contributed by atoms with E-state index in [4.69, 9.17) is 0 Å². The second-order valence-corrected chi connectivity index (χ2v) is 4.49. The molecule has 0 amide bonds. The zero-order valence-corrected chi connectivity index (χ0v) is 10.4. The van der Waals surface area contributed by atoms with Gasteiger partial charge in [-0.15, -0.1) is 11.3 Å². The molecular weight excluding hydrogens is 252 g/mol. The van der Waals surface area contributed by atoms with Gasteiger partial charge in [0.25, 0.3) is 0 Å². The van der Waals surface area contributed by atoms with Crippen LogP contribution in [0.3, 0.4) is 0 Å². The minimum Gasteiger partial charge on any atom is -0.507 e. The smallest absolute Gasteiger partial charge is 0.348 e. The van der Waals surface area contributed by atoms with E-state index in [2.05, 4.69) is 4.74 Å². The average Bonchev–Trinajstić information content (AvgIpc) is 2.88. The minimum absolute atomic E-state index is 0.0582. The third-order valence-electron chi connectivity index (χ3n) is 2.47. The lowest BCUT2D eigenvalue weighted by molar-refractivity contribution is 0.0606. The summed E-state index contributed by atoms with van der Waals surface area (Å²) in [5.74, 6) is -0.446. The van der Waals surface area contributed by atoms with E-state index in [0.717, 1.165) is 11.1 Å². The molecule has 0 saturated carbocycles. The molecule has 0 spiro atoms. The number of benzene rings is 1. The van der Waals surface area contributed by atoms with E-state index in [9.17, 15) is 14.7 Å². The molecular formula is C13H10O4S. The molecule has 18 heavy (non-hydrogen) atoms. The first kappa shape index (κ1) is 12.3. The van der Waals surface area contributed by atoms with Crippen molar-refractivity contribution in [2.45, 2.75) is 0 Å². The SMILES string of the molecule is COC(=O)c1cc(-c2ccc(O)c(C=O)c2)cs1.